The smallest absolute Gasteiger partial charge is 0.332 e. The van der Waals surface area contributed by atoms with Gasteiger partial charge in [-0.15, -0.1) is 5.06 Å². The van der Waals surface area contributed by atoms with E-state index in [1.165, 1.54) is 30.3 Å². The van der Waals surface area contributed by atoms with Crippen LogP contribution in [0.5, 0.6) is 0 Å². The Labute approximate surface area is 259 Å². The molecule has 0 heterocycles. The third kappa shape index (κ3) is 6.66. The number of hydrogen-bond donors (Lipinski definition) is 1. The molecule has 0 spiro atoms. The first kappa shape index (κ1) is 34.6. The fourth-order valence-corrected chi connectivity index (χ4v) is 4.62. The molecule has 0 radical (unpaired) electrons. The van der Waals surface area contributed by atoms with Crippen LogP contribution in [-0.4, -0.2) is 30.1 Å². The van der Waals surface area contributed by atoms with E-state index in [9.17, 15) is 58.3 Å². The van der Waals surface area contributed by atoms with Crippen LogP contribution in [0, 0.1) is 11.7 Å². The van der Waals surface area contributed by atoms with Crippen molar-refractivity contribution in [1.82, 2.24) is 0 Å². The zero-order valence-electron chi connectivity index (χ0n) is 22.4. The van der Waals surface area contributed by atoms with Crippen LogP contribution in [0.15, 0.2) is 65.1 Å². The Morgan fingerprint density at radius 3 is 1.93 bits per heavy atom. The molecule has 0 aliphatic heterocycles. The second kappa shape index (κ2) is 12.2. The van der Waals surface area contributed by atoms with Crippen LogP contribution >= 0.6 is 15.9 Å². The zero-order chi connectivity index (χ0) is 34.4. The van der Waals surface area contributed by atoms with Gasteiger partial charge in [0.15, 0.2) is 5.82 Å². The molecule has 2 amide bonds. The molecule has 46 heavy (non-hydrogen) atoms. The Balaban J connectivity index is 1.78. The number of carbonyl (C=O) groups excluding carboxylic acids is 3. The highest BCUT2D eigenvalue weighted by molar-refractivity contribution is 9.10. The number of amides is 2. The summed E-state index contributed by atoms with van der Waals surface area (Å²) in [5.41, 5.74) is -14.7. The van der Waals surface area contributed by atoms with Crippen LogP contribution < -0.4 is 10.4 Å². The number of anilines is 2. The minimum absolute atomic E-state index is 0.110. The molecular formula is C28H16BrF11N2O4. The largest absolute Gasteiger partial charge is 0.435 e. The van der Waals surface area contributed by atoms with E-state index in [0.29, 0.717) is 18.9 Å². The van der Waals surface area contributed by atoms with Crippen LogP contribution in [0.1, 0.15) is 44.7 Å². The summed E-state index contributed by atoms with van der Waals surface area (Å²) in [4.78, 5) is 43.7. The molecule has 246 valence electrons. The third-order valence-corrected chi connectivity index (χ3v) is 7.18. The van der Waals surface area contributed by atoms with Crippen molar-refractivity contribution in [3.8, 4) is 0 Å². The Morgan fingerprint density at radius 2 is 1.41 bits per heavy atom. The highest BCUT2D eigenvalue weighted by Gasteiger charge is 2.73. The topological polar surface area (TPSA) is 75.7 Å². The summed E-state index contributed by atoms with van der Waals surface area (Å²) >= 11 is 2.34. The maximum atomic E-state index is 15.8. The van der Waals surface area contributed by atoms with E-state index in [0.717, 1.165) is 12.1 Å². The maximum Gasteiger partial charge on any atom is 0.435 e. The number of nitrogens with one attached hydrogen (secondary N) is 1. The SMILES string of the molecule is O=C(Nc1c(Br)cc(C(F)(C(F)(F)F)C(F)(F)F)cc1C(F)(F)F)c1cccc(N(OC(=O)C2CC2)C(=O)c2ccccc2)c1F. The number of alkyl halides is 10. The van der Waals surface area contributed by atoms with Crippen molar-refractivity contribution in [1.29, 1.82) is 0 Å². The lowest BCUT2D eigenvalue weighted by atomic mass is 9.92. The first-order chi connectivity index (χ1) is 21.2. The monoisotopic (exact) mass is 732 g/mol. The van der Waals surface area contributed by atoms with Crippen LogP contribution in [0.2, 0.25) is 0 Å². The van der Waals surface area contributed by atoms with E-state index in [2.05, 4.69) is 15.9 Å². The average molecular weight is 733 g/mol. The van der Waals surface area contributed by atoms with Crippen molar-refractivity contribution in [2.45, 2.75) is 37.0 Å². The van der Waals surface area contributed by atoms with Gasteiger partial charge in [0.05, 0.1) is 22.7 Å². The number of carbonyl (C=O) groups is 3. The third-order valence-electron chi connectivity index (χ3n) is 6.55. The molecule has 0 bridgehead atoms. The van der Waals surface area contributed by atoms with E-state index in [1.807, 2.05) is 0 Å². The first-order valence-electron chi connectivity index (χ1n) is 12.6. The predicted molar refractivity (Wildman–Crippen MR) is 140 cm³/mol. The number of halogens is 12. The average Bonchev–Trinajstić information content (AvgIpc) is 3.81. The number of hydrogen-bond acceptors (Lipinski definition) is 4. The van der Waals surface area contributed by atoms with E-state index < -0.39 is 92.3 Å². The van der Waals surface area contributed by atoms with E-state index in [4.69, 9.17) is 4.84 Å². The van der Waals surface area contributed by atoms with Gasteiger partial charge in [-0.3, -0.25) is 9.59 Å². The van der Waals surface area contributed by atoms with Gasteiger partial charge in [-0.1, -0.05) is 24.3 Å². The van der Waals surface area contributed by atoms with Gasteiger partial charge in [0, 0.05) is 15.6 Å². The van der Waals surface area contributed by atoms with Crippen LogP contribution in [0.3, 0.4) is 0 Å². The van der Waals surface area contributed by atoms with Gasteiger partial charge in [0.25, 0.3) is 11.8 Å². The Hall–Kier alpha value is -4.22. The van der Waals surface area contributed by atoms with Crippen molar-refractivity contribution in [2.24, 2.45) is 5.92 Å². The normalized spacial score (nSPS) is 14.1. The van der Waals surface area contributed by atoms with E-state index in [1.54, 1.807) is 5.32 Å². The Morgan fingerprint density at radius 1 is 0.826 bits per heavy atom. The fraction of sp³-hybridized carbons (Fsp3) is 0.250. The number of hydroxylamine groups is 1. The molecule has 1 aliphatic rings. The standard InChI is InChI=1S/C28H16BrF11N2O4/c29-18-12-15(25(31,27(35,36)37)28(38,39)40)11-17(26(32,33)34)21(18)41-22(43)16-7-4-8-19(20(16)30)42(46-24(45)14-9-10-14)23(44)13-5-2-1-3-6-13/h1-8,11-12,14H,9-10H2,(H,41,43). The predicted octanol–water partition coefficient (Wildman–Crippen LogP) is 8.66. The first-order valence-corrected chi connectivity index (χ1v) is 13.4. The number of nitrogens with zero attached hydrogens (tertiary/aromatic N) is 1. The Kier molecular flexibility index (Phi) is 9.18. The lowest BCUT2D eigenvalue weighted by molar-refractivity contribution is -0.348. The molecule has 6 nitrogen and oxygen atoms in total. The molecule has 18 heteroatoms. The molecule has 1 saturated carbocycles. The van der Waals surface area contributed by atoms with E-state index >= 15 is 4.39 Å². The van der Waals surface area contributed by atoms with E-state index in [-0.39, 0.29) is 16.7 Å². The van der Waals surface area contributed by atoms with Crippen molar-refractivity contribution in [3.05, 3.63) is 93.2 Å². The zero-order valence-corrected chi connectivity index (χ0v) is 24.0. The summed E-state index contributed by atoms with van der Waals surface area (Å²) in [5, 5.41) is 1.78. The molecule has 0 saturated heterocycles. The number of benzene rings is 3. The van der Waals surface area contributed by atoms with Crippen molar-refractivity contribution in [3.63, 3.8) is 0 Å². The Bertz CT molecular complexity index is 1660. The molecule has 3 aromatic carbocycles. The van der Waals surface area contributed by atoms with Gasteiger partial charge in [0.2, 0.25) is 0 Å². The molecular weight excluding hydrogens is 717 g/mol. The molecule has 4 rings (SSSR count). The maximum absolute atomic E-state index is 15.8. The molecule has 0 unspecified atom stereocenters. The quantitative estimate of drug-likeness (QED) is 0.203. The summed E-state index contributed by atoms with van der Waals surface area (Å²) in [6.45, 7) is 0. The highest BCUT2D eigenvalue weighted by Crippen LogP contribution is 2.55. The van der Waals surface area contributed by atoms with Gasteiger partial charge >= 0.3 is 30.2 Å². The highest BCUT2D eigenvalue weighted by atomic mass is 79.9. The molecule has 1 N–H and O–H groups in total. The van der Waals surface area contributed by atoms with Crippen LogP contribution in [-0.2, 0) is 21.5 Å². The second-order valence-electron chi connectivity index (χ2n) is 9.78. The van der Waals surface area contributed by atoms with Crippen molar-refractivity contribution >= 4 is 45.1 Å². The van der Waals surface area contributed by atoms with Gasteiger partial charge in [-0.25, -0.2) is 13.6 Å². The van der Waals surface area contributed by atoms with Crippen LogP contribution in [0.4, 0.5) is 59.7 Å². The lowest BCUT2D eigenvalue weighted by Crippen LogP contribution is -2.50. The second-order valence-corrected chi connectivity index (χ2v) is 10.6. The van der Waals surface area contributed by atoms with Crippen molar-refractivity contribution in [2.75, 3.05) is 10.4 Å². The summed E-state index contributed by atoms with van der Waals surface area (Å²) in [7, 11) is 0. The van der Waals surface area contributed by atoms with Gasteiger partial charge in [0.1, 0.15) is 5.69 Å². The summed E-state index contributed by atoms with van der Waals surface area (Å²) < 4.78 is 150. The molecule has 0 aromatic heterocycles. The molecule has 1 fully saturated rings. The van der Waals surface area contributed by atoms with Gasteiger partial charge in [-0.2, -0.15) is 39.5 Å². The number of rotatable bonds is 6. The van der Waals surface area contributed by atoms with Gasteiger partial charge < -0.3 is 10.2 Å². The van der Waals surface area contributed by atoms with Gasteiger partial charge in [-0.05, 0) is 65.2 Å². The van der Waals surface area contributed by atoms with Crippen LogP contribution in [0.25, 0.3) is 0 Å². The fourth-order valence-electron chi connectivity index (χ4n) is 4.06. The minimum atomic E-state index is -6.76. The van der Waals surface area contributed by atoms with Crippen molar-refractivity contribution < 1.29 is 67.5 Å². The molecule has 0 atom stereocenters. The summed E-state index contributed by atoms with van der Waals surface area (Å²) in [5.74, 6) is -5.99. The summed E-state index contributed by atoms with van der Waals surface area (Å²) in [6.07, 6.45) is -18.5. The molecule has 1 aliphatic carbocycles. The molecule has 3 aromatic rings. The summed E-state index contributed by atoms with van der Waals surface area (Å²) in [6, 6.07) is 8.40. The minimum Gasteiger partial charge on any atom is -0.332 e. The lowest BCUT2D eigenvalue weighted by Gasteiger charge is -2.31.